The second kappa shape index (κ2) is 2.86. The van der Waals surface area contributed by atoms with Crippen LogP contribution in [-0.2, 0) is 11.1 Å². The van der Waals surface area contributed by atoms with E-state index in [4.69, 9.17) is 4.55 Å². The van der Waals surface area contributed by atoms with Crippen molar-refractivity contribution in [2.24, 2.45) is 0 Å². The summed E-state index contributed by atoms with van der Waals surface area (Å²) in [4.78, 5) is 0.410. The maximum absolute atomic E-state index is 10.4. The molecule has 1 aliphatic rings. The summed E-state index contributed by atoms with van der Waals surface area (Å²) < 4.78 is 19.0. The van der Waals surface area contributed by atoms with Crippen LogP contribution in [0.2, 0.25) is 0 Å². The molecule has 3 heteroatoms. The minimum atomic E-state index is -1.87. The Hall–Kier alpha value is -0.800. The highest BCUT2D eigenvalue weighted by Crippen LogP contribution is 2.13. The zero-order valence-corrected chi connectivity index (χ0v) is 6.10. The fourth-order valence-electron chi connectivity index (χ4n) is 0.606. The third kappa shape index (κ3) is 1.59. The third-order valence-electron chi connectivity index (χ3n) is 1.12. The summed E-state index contributed by atoms with van der Waals surface area (Å²) >= 11 is -1.87. The van der Waals surface area contributed by atoms with Crippen LogP contribution in [0.25, 0.3) is 0 Å². The molecule has 1 aliphatic carbocycles. The zero-order valence-electron chi connectivity index (χ0n) is 5.28. The molecule has 0 heterocycles. The molecule has 0 amide bonds. The summed E-state index contributed by atoms with van der Waals surface area (Å²) in [6.45, 7) is 3.64. The summed E-state index contributed by atoms with van der Waals surface area (Å²) in [5.41, 5.74) is 0.842. The predicted molar refractivity (Wildman–Crippen MR) is 41.4 cm³/mol. The Labute approximate surface area is 62.2 Å². The van der Waals surface area contributed by atoms with Gasteiger partial charge in [0.1, 0.15) is 4.91 Å². The van der Waals surface area contributed by atoms with Crippen molar-refractivity contribution in [1.29, 1.82) is 0 Å². The molecular formula is C7H7O2S+. The van der Waals surface area contributed by atoms with E-state index < -0.39 is 11.1 Å². The van der Waals surface area contributed by atoms with Gasteiger partial charge in [0.2, 0.25) is 11.1 Å². The Morgan fingerprint density at radius 1 is 1.60 bits per heavy atom. The molecule has 1 unspecified atom stereocenters. The molecule has 1 atom stereocenters. The second-order valence-corrected chi connectivity index (χ2v) is 2.86. The summed E-state index contributed by atoms with van der Waals surface area (Å²) in [5, 5.41) is 0. The van der Waals surface area contributed by atoms with Gasteiger partial charge in [-0.25, -0.2) is 4.21 Å². The van der Waals surface area contributed by atoms with Crippen molar-refractivity contribution in [1.82, 2.24) is 0 Å². The normalized spacial score (nSPS) is 19.7. The minimum absolute atomic E-state index is 0.410. The van der Waals surface area contributed by atoms with Crippen LogP contribution in [0.3, 0.4) is 0 Å². The average Bonchev–Trinajstić information content (AvgIpc) is 1.88. The molecule has 0 fully saturated rings. The Bertz CT molecular complexity index is 238. The van der Waals surface area contributed by atoms with E-state index >= 15 is 0 Å². The quantitative estimate of drug-likeness (QED) is 0.459. The van der Waals surface area contributed by atoms with Crippen LogP contribution in [0.1, 0.15) is 0 Å². The first-order chi connectivity index (χ1) is 4.70. The summed E-state index contributed by atoms with van der Waals surface area (Å²) in [7, 11) is 0. The van der Waals surface area contributed by atoms with Crippen molar-refractivity contribution in [3.63, 3.8) is 0 Å². The van der Waals surface area contributed by atoms with E-state index in [0.717, 1.165) is 5.57 Å². The van der Waals surface area contributed by atoms with E-state index in [1.807, 2.05) is 0 Å². The van der Waals surface area contributed by atoms with Gasteiger partial charge < -0.3 is 0 Å². The third-order valence-corrected chi connectivity index (χ3v) is 1.80. The van der Waals surface area contributed by atoms with Gasteiger partial charge in [-0.15, -0.1) is 0 Å². The van der Waals surface area contributed by atoms with Crippen molar-refractivity contribution in [2.75, 3.05) is 0 Å². The maximum Gasteiger partial charge on any atom is 0.231 e. The van der Waals surface area contributed by atoms with Crippen LogP contribution in [-0.4, -0.2) is 8.76 Å². The molecule has 0 aliphatic heterocycles. The van der Waals surface area contributed by atoms with Gasteiger partial charge in [-0.3, -0.25) is 4.55 Å². The molecule has 0 saturated carbocycles. The Balaban J connectivity index is 2.77. The molecule has 52 valence electrons. The molecule has 0 bridgehead atoms. The molecule has 2 nitrogen and oxygen atoms in total. The second-order valence-electron chi connectivity index (χ2n) is 1.89. The van der Waals surface area contributed by atoms with Crippen LogP contribution in [0, 0.1) is 6.42 Å². The Morgan fingerprint density at radius 3 is 2.70 bits per heavy atom. The fraction of sp³-hybridized carbons (Fsp3) is 0. The van der Waals surface area contributed by atoms with Crippen LogP contribution >= 0.6 is 0 Å². The van der Waals surface area contributed by atoms with E-state index in [1.165, 1.54) is 0 Å². The lowest BCUT2D eigenvalue weighted by atomic mass is 10.1. The number of hydrogen-bond donors (Lipinski definition) is 1. The van der Waals surface area contributed by atoms with Crippen LogP contribution < -0.4 is 0 Å². The molecule has 10 heavy (non-hydrogen) atoms. The average molecular weight is 155 g/mol. The molecular weight excluding hydrogens is 148 g/mol. The standard InChI is InChI=1S/C7H6O2S/c1-6-2-4-7(5-3-6)10(8)9/h2-5H,1H2/p+1. The monoisotopic (exact) mass is 155 g/mol. The van der Waals surface area contributed by atoms with Crippen LogP contribution in [0.4, 0.5) is 0 Å². The highest BCUT2D eigenvalue weighted by molar-refractivity contribution is 7.83. The van der Waals surface area contributed by atoms with Gasteiger partial charge >= 0.3 is 0 Å². The molecule has 0 aromatic carbocycles. The smallest absolute Gasteiger partial charge is 0.231 e. The lowest BCUT2D eigenvalue weighted by Crippen LogP contribution is -1.93. The molecule has 1 rings (SSSR count). The van der Waals surface area contributed by atoms with Gasteiger partial charge in [0.15, 0.2) is 0 Å². The van der Waals surface area contributed by atoms with Crippen LogP contribution in [0.5, 0.6) is 0 Å². The molecule has 0 aromatic heterocycles. The van der Waals surface area contributed by atoms with Gasteiger partial charge in [-0.2, -0.15) is 0 Å². The van der Waals surface area contributed by atoms with Crippen LogP contribution in [0.15, 0.2) is 35.3 Å². The lowest BCUT2D eigenvalue weighted by molar-refractivity contribution is 0.572. The van der Waals surface area contributed by atoms with Crippen molar-refractivity contribution in [3.8, 4) is 0 Å². The van der Waals surface area contributed by atoms with Gasteiger partial charge in [0.05, 0.1) is 5.57 Å². The van der Waals surface area contributed by atoms with Crippen molar-refractivity contribution in [2.45, 2.75) is 0 Å². The zero-order chi connectivity index (χ0) is 7.56. The van der Waals surface area contributed by atoms with Gasteiger partial charge in [-0.05, 0) is 6.58 Å². The highest BCUT2D eigenvalue weighted by atomic mass is 32.2. The van der Waals surface area contributed by atoms with E-state index in [2.05, 4.69) is 6.58 Å². The van der Waals surface area contributed by atoms with E-state index in [-0.39, 0.29) is 0 Å². The Kier molecular flexibility index (Phi) is 2.09. The first kappa shape index (κ1) is 7.31. The largest absolute Gasteiger partial charge is 0.295 e. The molecule has 0 saturated heterocycles. The van der Waals surface area contributed by atoms with E-state index in [0.29, 0.717) is 4.91 Å². The molecule has 0 radical (unpaired) electrons. The first-order valence-corrected chi connectivity index (χ1v) is 3.84. The van der Waals surface area contributed by atoms with Gasteiger partial charge in [0.25, 0.3) is 0 Å². The van der Waals surface area contributed by atoms with Crippen molar-refractivity contribution >= 4 is 11.1 Å². The fourth-order valence-corrected chi connectivity index (χ4v) is 0.975. The first-order valence-electron chi connectivity index (χ1n) is 2.73. The van der Waals surface area contributed by atoms with Crippen molar-refractivity contribution in [3.05, 3.63) is 41.7 Å². The molecule has 0 aromatic rings. The summed E-state index contributed by atoms with van der Waals surface area (Å²) in [5.74, 6) is 0. The van der Waals surface area contributed by atoms with Crippen molar-refractivity contribution < 1.29 is 8.76 Å². The lowest BCUT2D eigenvalue weighted by Gasteiger charge is -1.94. The van der Waals surface area contributed by atoms with E-state index in [9.17, 15) is 4.21 Å². The van der Waals surface area contributed by atoms with Gasteiger partial charge in [0, 0.05) is 24.6 Å². The van der Waals surface area contributed by atoms with Gasteiger partial charge in [-0.1, -0.05) is 0 Å². The summed E-state index contributed by atoms with van der Waals surface area (Å²) in [6.07, 6.45) is 6.56. The number of allylic oxidation sites excluding steroid dienone is 4. The maximum atomic E-state index is 10.4. The number of rotatable bonds is 1. The molecule has 0 spiro atoms. The summed E-state index contributed by atoms with van der Waals surface area (Å²) in [6, 6.07) is 0. The highest BCUT2D eigenvalue weighted by Gasteiger charge is 2.10. The minimum Gasteiger partial charge on any atom is -0.295 e. The Morgan fingerprint density at radius 2 is 2.30 bits per heavy atom. The van der Waals surface area contributed by atoms with E-state index in [1.54, 1.807) is 24.6 Å². The molecule has 1 N–H and O–H groups in total. The number of hydrogen-bond acceptors (Lipinski definition) is 1. The SMILES string of the molecule is C=C1C=CC(S(=O)O)=C[CH+]1. The predicted octanol–water partition coefficient (Wildman–Crippen LogP) is 1.42. The topological polar surface area (TPSA) is 37.3 Å².